The molecule has 0 saturated heterocycles. The summed E-state index contributed by atoms with van der Waals surface area (Å²) in [6.07, 6.45) is 5.39. The molecule has 2 heterocycles. The van der Waals surface area contributed by atoms with E-state index in [4.69, 9.17) is 0 Å². The number of carbonyl (C=O) groups is 1. The van der Waals surface area contributed by atoms with Crippen molar-refractivity contribution in [3.05, 3.63) is 78.9 Å². The number of benzene rings is 2. The van der Waals surface area contributed by atoms with Crippen molar-refractivity contribution < 1.29 is 4.79 Å². The molecule has 0 aliphatic heterocycles. The van der Waals surface area contributed by atoms with Crippen molar-refractivity contribution in [2.24, 2.45) is 0 Å². The molecule has 4 aromatic rings. The smallest absolute Gasteiger partial charge is 0.248 e. The van der Waals surface area contributed by atoms with Crippen LogP contribution in [0.2, 0.25) is 0 Å². The van der Waals surface area contributed by atoms with Gasteiger partial charge >= 0.3 is 0 Å². The number of carbonyl (C=O) groups excluding carboxylic acids is 1. The first kappa shape index (κ1) is 16.6. The molecule has 1 amide bonds. The van der Waals surface area contributed by atoms with Gasteiger partial charge in [-0.1, -0.05) is 42.5 Å². The Morgan fingerprint density at radius 1 is 1.07 bits per heavy atom. The minimum absolute atomic E-state index is 0.00835. The van der Waals surface area contributed by atoms with Gasteiger partial charge in [-0.25, -0.2) is 4.98 Å². The van der Waals surface area contributed by atoms with Gasteiger partial charge in [-0.2, -0.15) is 4.80 Å². The number of nitrogens with zero attached hydrogens (tertiary/aromatic N) is 6. The summed E-state index contributed by atoms with van der Waals surface area (Å²) < 4.78 is 1.96. The maximum Gasteiger partial charge on any atom is 0.248 e. The van der Waals surface area contributed by atoms with Crippen LogP contribution >= 0.6 is 0 Å². The summed E-state index contributed by atoms with van der Waals surface area (Å²) in [6.45, 7) is 0.681. The van der Waals surface area contributed by atoms with E-state index >= 15 is 0 Å². The van der Waals surface area contributed by atoms with E-state index in [1.54, 1.807) is 12.5 Å². The lowest BCUT2D eigenvalue weighted by Crippen LogP contribution is -2.20. The molecule has 0 unspecified atom stereocenters. The molecule has 2 aromatic heterocycles. The van der Waals surface area contributed by atoms with Crippen LogP contribution in [0, 0.1) is 0 Å². The van der Waals surface area contributed by atoms with Gasteiger partial charge in [0.05, 0.1) is 6.33 Å². The second-order valence-electron chi connectivity index (χ2n) is 5.99. The van der Waals surface area contributed by atoms with E-state index in [0.29, 0.717) is 12.4 Å². The van der Waals surface area contributed by atoms with Crippen molar-refractivity contribution in [2.45, 2.75) is 13.1 Å². The molecule has 1 N–H and O–H groups in total. The van der Waals surface area contributed by atoms with Crippen LogP contribution in [0.3, 0.4) is 0 Å². The Morgan fingerprint density at radius 3 is 2.78 bits per heavy atom. The summed E-state index contributed by atoms with van der Waals surface area (Å²) in [5, 5.41) is 15.1. The van der Waals surface area contributed by atoms with Crippen molar-refractivity contribution in [3.63, 3.8) is 0 Å². The van der Waals surface area contributed by atoms with E-state index in [1.807, 2.05) is 65.4 Å². The van der Waals surface area contributed by atoms with Gasteiger partial charge in [0.15, 0.2) is 0 Å². The number of anilines is 1. The van der Waals surface area contributed by atoms with Gasteiger partial charge in [0, 0.05) is 30.2 Å². The molecular weight excluding hydrogens is 342 g/mol. The molecule has 2 aromatic carbocycles. The maximum absolute atomic E-state index is 12.3. The second kappa shape index (κ2) is 7.61. The number of rotatable bonds is 6. The Labute approximate surface area is 155 Å². The lowest BCUT2D eigenvalue weighted by atomic mass is 10.2. The van der Waals surface area contributed by atoms with Gasteiger partial charge in [0.25, 0.3) is 0 Å². The minimum atomic E-state index is -0.216. The number of tetrazole rings is 1. The zero-order valence-electron chi connectivity index (χ0n) is 14.4. The largest absolute Gasteiger partial charge is 0.333 e. The minimum Gasteiger partial charge on any atom is -0.333 e. The van der Waals surface area contributed by atoms with Crippen LogP contribution in [0.25, 0.3) is 11.4 Å². The predicted molar refractivity (Wildman–Crippen MR) is 99.7 cm³/mol. The van der Waals surface area contributed by atoms with Gasteiger partial charge in [-0.3, -0.25) is 4.79 Å². The molecule has 8 heteroatoms. The Hall–Kier alpha value is -3.81. The first-order chi connectivity index (χ1) is 13.3. The van der Waals surface area contributed by atoms with Gasteiger partial charge in [-0.15, -0.1) is 10.2 Å². The standard InChI is InChI=1S/C19H17N7O/c27-18(13-26-23-19(22-24-26)16-6-2-1-3-7-16)21-17-8-4-5-15(11-17)12-25-10-9-20-14-25/h1-11,14H,12-13H2,(H,21,27). The third kappa shape index (κ3) is 4.24. The molecule has 27 heavy (non-hydrogen) atoms. The fraction of sp³-hybridized carbons (Fsp3) is 0.105. The van der Waals surface area contributed by atoms with E-state index in [9.17, 15) is 4.79 Å². The fourth-order valence-corrected chi connectivity index (χ4v) is 2.68. The summed E-state index contributed by atoms with van der Waals surface area (Å²) in [7, 11) is 0. The Kier molecular flexibility index (Phi) is 4.69. The molecule has 0 radical (unpaired) electrons. The van der Waals surface area contributed by atoms with Gasteiger partial charge < -0.3 is 9.88 Å². The molecule has 0 saturated carbocycles. The van der Waals surface area contributed by atoms with Crippen molar-refractivity contribution in [2.75, 3.05) is 5.32 Å². The number of amides is 1. The summed E-state index contributed by atoms with van der Waals surface area (Å²) in [5.41, 5.74) is 2.65. The van der Waals surface area contributed by atoms with Crippen LogP contribution in [0.5, 0.6) is 0 Å². The molecule has 0 fully saturated rings. The summed E-state index contributed by atoms with van der Waals surface area (Å²) >= 11 is 0. The third-order valence-electron chi connectivity index (χ3n) is 3.90. The average molecular weight is 359 g/mol. The van der Waals surface area contributed by atoms with Gasteiger partial charge in [0.1, 0.15) is 6.54 Å². The maximum atomic E-state index is 12.3. The van der Waals surface area contributed by atoms with E-state index in [2.05, 4.69) is 25.7 Å². The number of hydrogen-bond donors (Lipinski definition) is 1. The fourth-order valence-electron chi connectivity index (χ4n) is 2.68. The summed E-state index contributed by atoms with van der Waals surface area (Å²) in [6, 6.07) is 17.2. The highest BCUT2D eigenvalue weighted by Gasteiger charge is 2.09. The SMILES string of the molecule is O=C(Cn1nnc(-c2ccccc2)n1)Nc1cccc(Cn2ccnc2)c1. The molecule has 0 spiro atoms. The summed E-state index contributed by atoms with van der Waals surface area (Å²) in [4.78, 5) is 17.6. The Bertz CT molecular complexity index is 1030. The lowest BCUT2D eigenvalue weighted by Gasteiger charge is -2.07. The Balaban J connectivity index is 1.39. The van der Waals surface area contributed by atoms with E-state index in [0.717, 1.165) is 16.8 Å². The molecule has 8 nitrogen and oxygen atoms in total. The molecule has 134 valence electrons. The number of imidazole rings is 1. The van der Waals surface area contributed by atoms with Crippen LogP contribution < -0.4 is 5.32 Å². The number of nitrogens with one attached hydrogen (secondary N) is 1. The highest BCUT2D eigenvalue weighted by molar-refractivity contribution is 5.90. The highest BCUT2D eigenvalue weighted by Crippen LogP contribution is 2.13. The topological polar surface area (TPSA) is 90.5 Å². The zero-order chi connectivity index (χ0) is 18.5. The molecule has 0 aliphatic rings. The van der Waals surface area contributed by atoms with Crippen molar-refractivity contribution in [1.82, 2.24) is 29.8 Å². The third-order valence-corrected chi connectivity index (χ3v) is 3.90. The molecule has 0 bridgehead atoms. The average Bonchev–Trinajstić information content (AvgIpc) is 3.35. The molecule has 4 rings (SSSR count). The van der Waals surface area contributed by atoms with Gasteiger partial charge in [0.2, 0.25) is 11.7 Å². The van der Waals surface area contributed by atoms with Crippen molar-refractivity contribution in [3.8, 4) is 11.4 Å². The zero-order valence-corrected chi connectivity index (χ0v) is 14.4. The first-order valence-electron chi connectivity index (χ1n) is 8.44. The van der Waals surface area contributed by atoms with Gasteiger partial charge in [-0.05, 0) is 22.9 Å². The van der Waals surface area contributed by atoms with Crippen molar-refractivity contribution >= 4 is 11.6 Å². The lowest BCUT2D eigenvalue weighted by molar-refractivity contribution is -0.117. The normalized spacial score (nSPS) is 10.7. The Morgan fingerprint density at radius 2 is 1.96 bits per heavy atom. The monoisotopic (exact) mass is 359 g/mol. The van der Waals surface area contributed by atoms with Crippen LogP contribution in [0.1, 0.15) is 5.56 Å². The van der Waals surface area contributed by atoms with E-state index in [1.165, 1.54) is 4.80 Å². The highest BCUT2D eigenvalue weighted by atomic mass is 16.2. The van der Waals surface area contributed by atoms with Crippen LogP contribution in [0.4, 0.5) is 5.69 Å². The molecule has 0 atom stereocenters. The second-order valence-corrected chi connectivity index (χ2v) is 5.99. The molecular formula is C19H17N7O. The van der Waals surface area contributed by atoms with E-state index in [-0.39, 0.29) is 12.5 Å². The predicted octanol–water partition coefficient (Wildman–Crippen LogP) is 2.22. The number of aromatic nitrogens is 6. The first-order valence-corrected chi connectivity index (χ1v) is 8.44. The van der Waals surface area contributed by atoms with Crippen molar-refractivity contribution in [1.29, 1.82) is 0 Å². The quantitative estimate of drug-likeness (QED) is 0.570. The van der Waals surface area contributed by atoms with Crippen LogP contribution in [0.15, 0.2) is 73.3 Å². The van der Waals surface area contributed by atoms with Crippen LogP contribution in [-0.4, -0.2) is 35.7 Å². The van der Waals surface area contributed by atoms with E-state index < -0.39 is 0 Å². The molecule has 0 aliphatic carbocycles. The van der Waals surface area contributed by atoms with Crippen LogP contribution in [-0.2, 0) is 17.9 Å². The summed E-state index contributed by atoms with van der Waals surface area (Å²) in [5.74, 6) is 0.275. The number of hydrogen-bond acceptors (Lipinski definition) is 5.